The van der Waals surface area contributed by atoms with Crippen molar-refractivity contribution < 1.29 is 4.79 Å². The molecule has 4 rings (SSSR count). The van der Waals surface area contributed by atoms with Gasteiger partial charge in [-0.05, 0) is 0 Å². The van der Waals surface area contributed by atoms with Crippen LogP contribution in [0.15, 0.2) is 24.3 Å². The van der Waals surface area contributed by atoms with Gasteiger partial charge in [-0.3, -0.25) is 0 Å². The van der Waals surface area contributed by atoms with Crippen molar-refractivity contribution in [1.29, 1.82) is 0 Å². The van der Waals surface area contributed by atoms with Crippen LogP contribution in [0.4, 0.5) is 0 Å². The zero-order valence-electron chi connectivity index (χ0n) is 16.9. The van der Waals surface area contributed by atoms with E-state index in [2.05, 4.69) is 55.9 Å². The van der Waals surface area contributed by atoms with E-state index in [1.807, 2.05) is 0 Å². The molecule has 3 aliphatic rings. The topological polar surface area (TPSA) is 23.6 Å². The third kappa shape index (κ3) is 3.34. The summed E-state index contributed by atoms with van der Waals surface area (Å²) in [6.07, 6.45) is 5.96. The zero-order valence-corrected chi connectivity index (χ0v) is 19.7. The molecule has 3 saturated heterocycles. The van der Waals surface area contributed by atoms with Gasteiger partial charge in [-0.1, -0.05) is 0 Å². The number of likely N-dealkylation sites (tertiary alicyclic amines) is 1. The Labute approximate surface area is 163 Å². The summed E-state index contributed by atoms with van der Waals surface area (Å²) in [5, 5.41) is 0. The average Bonchev–Trinajstić information content (AvgIpc) is 3.20. The second-order valence-corrected chi connectivity index (χ2v) is 24.2. The van der Waals surface area contributed by atoms with Crippen LogP contribution in [-0.2, 0) is 4.79 Å². The maximum absolute atomic E-state index is 13.5. The van der Waals surface area contributed by atoms with E-state index >= 15 is 0 Å². The molecule has 0 saturated carbocycles. The van der Waals surface area contributed by atoms with E-state index in [1.165, 1.54) is 31.2 Å². The van der Waals surface area contributed by atoms with Crippen molar-refractivity contribution in [2.45, 2.75) is 64.9 Å². The molecule has 4 unspecified atom stereocenters. The molecule has 3 heterocycles. The van der Waals surface area contributed by atoms with Crippen LogP contribution in [0.25, 0.3) is 0 Å². The van der Waals surface area contributed by atoms with E-state index in [-0.39, 0.29) is 5.92 Å². The SMILES string of the molecule is CN1C2CCC1C(C(=O)N1CCCC1)C(c1cc[c]([Sn]([CH3])([CH3])[CH3])cc1)C2. The van der Waals surface area contributed by atoms with Crippen molar-refractivity contribution in [3.63, 3.8) is 0 Å². The van der Waals surface area contributed by atoms with Gasteiger partial charge in [-0.25, -0.2) is 0 Å². The number of nitrogens with zero attached hydrogens (tertiary/aromatic N) is 2. The van der Waals surface area contributed by atoms with Crippen LogP contribution in [0.1, 0.15) is 43.6 Å². The Balaban J connectivity index is 1.65. The van der Waals surface area contributed by atoms with Gasteiger partial charge in [0, 0.05) is 0 Å². The number of hydrogen-bond acceptors (Lipinski definition) is 2. The van der Waals surface area contributed by atoms with Gasteiger partial charge in [0.05, 0.1) is 0 Å². The van der Waals surface area contributed by atoms with Gasteiger partial charge in [0.2, 0.25) is 0 Å². The van der Waals surface area contributed by atoms with Crippen LogP contribution in [0.5, 0.6) is 0 Å². The Morgan fingerprint density at radius 3 is 2.31 bits per heavy atom. The molecule has 1 amide bonds. The van der Waals surface area contributed by atoms with Gasteiger partial charge in [0.25, 0.3) is 0 Å². The van der Waals surface area contributed by atoms with Crippen molar-refractivity contribution >= 4 is 27.9 Å². The van der Waals surface area contributed by atoms with Crippen LogP contribution < -0.4 is 3.58 Å². The number of amides is 1. The minimum atomic E-state index is -2.02. The third-order valence-corrected chi connectivity index (χ3v) is 13.1. The fraction of sp³-hybridized carbons (Fsp3) is 0.682. The van der Waals surface area contributed by atoms with Crippen LogP contribution in [0, 0.1) is 5.92 Å². The fourth-order valence-corrected chi connectivity index (χ4v) is 8.85. The Morgan fingerprint density at radius 1 is 1.04 bits per heavy atom. The Morgan fingerprint density at radius 2 is 1.69 bits per heavy atom. The molecule has 4 heteroatoms. The standard InChI is InChI=1S/C19H25N2O.3CH3.Sn/c1-20-15-9-10-17(20)18(19(22)21-11-5-6-12-21)16(13-15)14-7-3-2-4-8-14;;;;/h3-4,7-8,15-18H,5-6,9-13H2,1H3;3*1H3;. The number of carbonyl (C=O) groups excluding carboxylic acids is 1. The van der Waals surface area contributed by atoms with Crippen LogP contribution in [-0.4, -0.2) is 66.3 Å². The summed E-state index contributed by atoms with van der Waals surface area (Å²) in [6.45, 7) is 1.94. The van der Waals surface area contributed by atoms with Crippen LogP contribution in [0.3, 0.4) is 0 Å². The number of fused-ring (bicyclic) bond motifs is 2. The third-order valence-electron chi connectivity index (χ3n) is 7.18. The molecule has 0 spiro atoms. The van der Waals surface area contributed by atoms with E-state index in [9.17, 15) is 4.79 Å². The molecule has 3 aliphatic heterocycles. The zero-order chi connectivity index (χ0) is 18.5. The molecule has 142 valence electrons. The maximum atomic E-state index is 13.5. The number of rotatable bonds is 3. The molecule has 1 aromatic carbocycles. The van der Waals surface area contributed by atoms with Crippen molar-refractivity contribution in [2.75, 3.05) is 20.1 Å². The van der Waals surface area contributed by atoms with Gasteiger partial charge in [-0.2, -0.15) is 0 Å². The summed E-state index contributed by atoms with van der Waals surface area (Å²) in [7, 11) is 2.25. The molecule has 0 aliphatic carbocycles. The monoisotopic (exact) mass is 462 g/mol. The van der Waals surface area contributed by atoms with Crippen LogP contribution >= 0.6 is 0 Å². The summed E-state index contributed by atoms with van der Waals surface area (Å²) in [6, 6.07) is 10.6. The summed E-state index contributed by atoms with van der Waals surface area (Å²) >= 11 is -2.02. The Hall–Kier alpha value is -0.551. The molecular formula is C22H34N2OSn. The van der Waals surface area contributed by atoms with Crippen molar-refractivity contribution in [3.8, 4) is 0 Å². The normalized spacial score (nSPS) is 32.2. The van der Waals surface area contributed by atoms with E-state index < -0.39 is 18.4 Å². The molecule has 2 bridgehead atoms. The number of carbonyl (C=O) groups is 1. The summed E-state index contributed by atoms with van der Waals surface area (Å²) in [5.74, 6) is 0.991. The Bertz CT molecular complexity index is 660. The van der Waals surface area contributed by atoms with E-state index in [4.69, 9.17) is 0 Å². The van der Waals surface area contributed by atoms with Crippen molar-refractivity contribution in [2.24, 2.45) is 5.92 Å². The van der Waals surface area contributed by atoms with E-state index in [0.717, 1.165) is 19.5 Å². The molecule has 0 aromatic heterocycles. The molecule has 3 nitrogen and oxygen atoms in total. The summed E-state index contributed by atoms with van der Waals surface area (Å²) < 4.78 is 1.58. The minimum absolute atomic E-state index is 0.154. The van der Waals surface area contributed by atoms with Gasteiger partial charge in [0.15, 0.2) is 0 Å². The van der Waals surface area contributed by atoms with Gasteiger partial charge in [0.1, 0.15) is 0 Å². The first-order chi connectivity index (χ1) is 12.4. The predicted octanol–water partition coefficient (Wildman–Crippen LogP) is 3.42. The molecule has 0 N–H and O–H groups in total. The van der Waals surface area contributed by atoms with E-state index in [1.54, 1.807) is 3.58 Å². The summed E-state index contributed by atoms with van der Waals surface area (Å²) in [5.41, 5.74) is 1.41. The second-order valence-electron chi connectivity index (χ2n) is 9.74. The van der Waals surface area contributed by atoms with Gasteiger partial charge in [-0.15, -0.1) is 0 Å². The predicted molar refractivity (Wildman–Crippen MR) is 111 cm³/mol. The van der Waals surface area contributed by atoms with Crippen molar-refractivity contribution in [1.82, 2.24) is 9.80 Å². The van der Waals surface area contributed by atoms with Crippen molar-refractivity contribution in [3.05, 3.63) is 29.8 Å². The fourth-order valence-electron chi connectivity index (χ4n) is 5.52. The molecule has 3 fully saturated rings. The first-order valence-electron chi connectivity index (χ1n) is 10.5. The quantitative estimate of drug-likeness (QED) is 0.645. The molecule has 1 aromatic rings. The van der Waals surface area contributed by atoms with Gasteiger partial charge < -0.3 is 0 Å². The summed E-state index contributed by atoms with van der Waals surface area (Å²) in [4.78, 5) is 25.5. The first kappa shape index (κ1) is 18.8. The molecule has 0 radical (unpaired) electrons. The molecule has 26 heavy (non-hydrogen) atoms. The second kappa shape index (κ2) is 7.12. The first-order valence-corrected chi connectivity index (χ1v) is 20.5. The Kier molecular flexibility index (Phi) is 5.15. The van der Waals surface area contributed by atoms with E-state index in [0.29, 0.717) is 23.9 Å². The number of benzene rings is 1. The number of hydrogen-bond donors (Lipinski definition) is 0. The number of piperidine rings is 1. The average molecular weight is 461 g/mol. The molecular weight excluding hydrogens is 427 g/mol. The van der Waals surface area contributed by atoms with Gasteiger partial charge >= 0.3 is 163 Å². The van der Waals surface area contributed by atoms with Crippen LogP contribution in [0.2, 0.25) is 14.8 Å². The molecule has 4 atom stereocenters.